The normalized spacial score (nSPS) is 20.5. The highest BCUT2D eigenvalue weighted by Gasteiger charge is 2.30. The predicted molar refractivity (Wildman–Crippen MR) is 81.0 cm³/mol. The summed E-state index contributed by atoms with van der Waals surface area (Å²) in [5, 5.41) is 0. The maximum atomic E-state index is 11.4. The second-order valence-electron chi connectivity index (χ2n) is 6.79. The lowest BCUT2D eigenvalue weighted by atomic mass is 9.70. The second kappa shape index (κ2) is 5.32. The van der Waals surface area contributed by atoms with Crippen LogP contribution in [0.5, 0.6) is 0 Å². The van der Waals surface area contributed by atoms with Crippen molar-refractivity contribution in [2.75, 3.05) is 0 Å². The minimum atomic E-state index is 0.285. The molecule has 0 aromatic heterocycles. The topological polar surface area (TPSA) is 17.1 Å². The number of carbonyl (C=O) groups is 1. The molecule has 102 valence electrons. The third kappa shape index (κ3) is 3.15. The molecule has 1 aliphatic rings. The molecule has 0 heterocycles. The van der Waals surface area contributed by atoms with E-state index in [1.807, 2.05) is 0 Å². The van der Waals surface area contributed by atoms with Gasteiger partial charge < -0.3 is 0 Å². The largest absolute Gasteiger partial charge is 0.298 e. The summed E-state index contributed by atoms with van der Waals surface area (Å²) in [4.78, 5) is 11.4. The van der Waals surface area contributed by atoms with Crippen molar-refractivity contribution in [3.8, 4) is 0 Å². The van der Waals surface area contributed by atoms with Crippen LogP contribution in [0, 0.1) is 18.3 Å². The summed E-state index contributed by atoms with van der Waals surface area (Å²) in [6, 6.07) is 8.54. The lowest BCUT2D eigenvalue weighted by molar-refractivity contribution is -0.105. The Hall–Kier alpha value is -1.37. The molecule has 1 aliphatic carbocycles. The lowest BCUT2D eigenvalue weighted by Crippen LogP contribution is -2.24. The highest BCUT2D eigenvalue weighted by molar-refractivity contribution is 5.88. The monoisotopic (exact) mass is 256 g/mol. The van der Waals surface area contributed by atoms with Crippen LogP contribution in [0.3, 0.4) is 0 Å². The molecule has 2 rings (SSSR count). The standard InChI is InChI=1S/C18H24O/c1-13-5-7-14(8-6-13)17-10-9-16(18(2,3)4)11-15(17)12-19/h5-8,12,16H,9-11H2,1-4H3. The smallest absolute Gasteiger partial charge is 0.146 e. The Morgan fingerprint density at radius 2 is 1.79 bits per heavy atom. The SMILES string of the molecule is Cc1ccc(C2=C(C=O)CC(C(C)(C)C)CC2)cc1. The molecule has 0 saturated heterocycles. The molecule has 0 N–H and O–H groups in total. The Morgan fingerprint density at radius 3 is 2.32 bits per heavy atom. The van der Waals surface area contributed by atoms with Crippen molar-refractivity contribution in [2.45, 2.75) is 47.0 Å². The molecular formula is C18H24O. The van der Waals surface area contributed by atoms with Gasteiger partial charge in [-0.05, 0) is 54.2 Å². The molecule has 1 atom stereocenters. The highest BCUT2D eigenvalue weighted by atomic mass is 16.1. The van der Waals surface area contributed by atoms with Crippen molar-refractivity contribution in [1.29, 1.82) is 0 Å². The number of benzene rings is 1. The van der Waals surface area contributed by atoms with Gasteiger partial charge in [0.2, 0.25) is 0 Å². The number of hydrogen-bond donors (Lipinski definition) is 0. The number of aryl methyl sites for hydroxylation is 1. The second-order valence-corrected chi connectivity index (χ2v) is 6.79. The lowest BCUT2D eigenvalue weighted by Gasteiger charge is -2.35. The molecule has 1 heteroatoms. The molecule has 1 aromatic rings. The molecule has 0 radical (unpaired) electrons. The summed E-state index contributed by atoms with van der Waals surface area (Å²) in [6.45, 7) is 8.92. The first-order valence-corrected chi connectivity index (χ1v) is 7.16. The third-order valence-corrected chi connectivity index (χ3v) is 4.36. The first kappa shape index (κ1) is 14.0. The maximum absolute atomic E-state index is 11.4. The Morgan fingerprint density at radius 1 is 1.16 bits per heavy atom. The van der Waals surface area contributed by atoms with Crippen LogP contribution in [-0.4, -0.2) is 6.29 Å². The van der Waals surface area contributed by atoms with E-state index in [0.717, 1.165) is 24.7 Å². The van der Waals surface area contributed by atoms with E-state index in [1.165, 1.54) is 23.1 Å². The van der Waals surface area contributed by atoms with Crippen LogP contribution in [0.2, 0.25) is 0 Å². The van der Waals surface area contributed by atoms with Crippen molar-refractivity contribution in [1.82, 2.24) is 0 Å². The summed E-state index contributed by atoms with van der Waals surface area (Å²) >= 11 is 0. The molecule has 19 heavy (non-hydrogen) atoms. The van der Waals surface area contributed by atoms with Crippen LogP contribution >= 0.6 is 0 Å². The van der Waals surface area contributed by atoms with Gasteiger partial charge in [0.25, 0.3) is 0 Å². The summed E-state index contributed by atoms with van der Waals surface area (Å²) in [5.74, 6) is 0.613. The Balaban J connectivity index is 2.32. The zero-order valence-electron chi connectivity index (χ0n) is 12.5. The molecule has 1 unspecified atom stereocenters. The van der Waals surface area contributed by atoms with E-state index in [0.29, 0.717) is 5.92 Å². The highest BCUT2D eigenvalue weighted by Crippen LogP contribution is 2.42. The van der Waals surface area contributed by atoms with E-state index in [2.05, 4.69) is 52.0 Å². The molecule has 1 aromatic carbocycles. The molecule has 0 saturated carbocycles. The average molecular weight is 256 g/mol. The van der Waals surface area contributed by atoms with E-state index in [4.69, 9.17) is 0 Å². The summed E-state index contributed by atoms with van der Waals surface area (Å²) in [6.07, 6.45) is 4.21. The molecule has 0 spiro atoms. The van der Waals surface area contributed by atoms with E-state index >= 15 is 0 Å². The van der Waals surface area contributed by atoms with E-state index in [1.54, 1.807) is 0 Å². The third-order valence-electron chi connectivity index (χ3n) is 4.36. The molecule has 0 bridgehead atoms. The molecular weight excluding hydrogens is 232 g/mol. The van der Waals surface area contributed by atoms with Crippen LogP contribution in [0.4, 0.5) is 0 Å². The van der Waals surface area contributed by atoms with Gasteiger partial charge >= 0.3 is 0 Å². The fourth-order valence-electron chi connectivity index (χ4n) is 2.91. The van der Waals surface area contributed by atoms with E-state index in [-0.39, 0.29) is 5.41 Å². The van der Waals surface area contributed by atoms with Crippen molar-refractivity contribution in [2.24, 2.45) is 11.3 Å². The fraction of sp³-hybridized carbons (Fsp3) is 0.500. The van der Waals surface area contributed by atoms with Crippen LogP contribution in [0.15, 0.2) is 29.8 Å². The minimum absolute atomic E-state index is 0.285. The van der Waals surface area contributed by atoms with Gasteiger partial charge in [-0.1, -0.05) is 50.6 Å². The van der Waals surface area contributed by atoms with Gasteiger partial charge in [0.1, 0.15) is 6.29 Å². The number of aldehydes is 1. The zero-order valence-corrected chi connectivity index (χ0v) is 12.5. The molecule has 1 nitrogen and oxygen atoms in total. The Kier molecular flexibility index (Phi) is 3.93. The van der Waals surface area contributed by atoms with E-state index < -0.39 is 0 Å². The maximum Gasteiger partial charge on any atom is 0.146 e. The average Bonchev–Trinajstić information content (AvgIpc) is 2.38. The number of allylic oxidation sites excluding steroid dienone is 2. The fourth-order valence-corrected chi connectivity index (χ4v) is 2.91. The zero-order chi connectivity index (χ0) is 14.0. The van der Waals surface area contributed by atoms with Crippen LogP contribution in [0.25, 0.3) is 5.57 Å². The first-order valence-electron chi connectivity index (χ1n) is 7.16. The number of carbonyl (C=O) groups excluding carboxylic acids is 1. The molecule has 0 aliphatic heterocycles. The Bertz CT molecular complexity index is 485. The minimum Gasteiger partial charge on any atom is -0.298 e. The van der Waals surface area contributed by atoms with Gasteiger partial charge in [0.05, 0.1) is 0 Å². The number of hydrogen-bond acceptors (Lipinski definition) is 1. The van der Waals surface area contributed by atoms with Gasteiger partial charge in [-0.3, -0.25) is 4.79 Å². The van der Waals surface area contributed by atoms with E-state index in [9.17, 15) is 4.79 Å². The first-order chi connectivity index (χ1) is 8.91. The molecule has 0 amide bonds. The van der Waals surface area contributed by atoms with Crippen molar-refractivity contribution in [3.05, 3.63) is 41.0 Å². The summed E-state index contributed by atoms with van der Waals surface area (Å²) < 4.78 is 0. The van der Waals surface area contributed by atoms with Crippen LogP contribution in [0.1, 0.15) is 51.2 Å². The number of rotatable bonds is 2. The van der Waals surface area contributed by atoms with Crippen molar-refractivity contribution >= 4 is 11.9 Å². The van der Waals surface area contributed by atoms with Gasteiger partial charge in [0.15, 0.2) is 0 Å². The van der Waals surface area contributed by atoms with Gasteiger partial charge in [-0.15, -0.1) is 0 Å². The van der Waals surface area contributed by atoms with Crippen molar-refractivity contribution < 1.29 is 4.79 Å². The van der Waals surface area contributed by atoms with Crippen LogP contribution in [-0.2, 0) is 4.79 Å². The van der Waals surface area contributed by atoms with Gasteiger partial charge in [-0.25, -0.2) is 0 Å². The summed E-state index contributed by atoms with van der Waals surface area (Å²) in [7, 11) is 0. The molecule has 0 fully saturated rings. The van der Waals surface area contributed by atoms with Crippen molar-refractivity contribution in [3.63, 3.8) is 0 Å². The predicted octanol–water partition coefficient (Wildman–Crippen LogP) is 4.79. The summed E-state index contributed by atoms with van der Waals surface area (Å²) in [5.41, 5.74) is 5.04. The van der Waals surface area contributed by atoms with Gasteiger partial charge in [-0.2, -0.15) is 0 Å². The van der Waals surface area contributed by atoms with Gasteiger partial charge in [0, 0.05) is 0 Å². The van der Waals surface area contributed by atoms with Crippen LogP contribution < -0.4 is 0 Å². The Labute approximate surface area is 116 Å². The quantitative estimate of drug-likeness (QED) is 0.695.